The van der Waals surface area contributed by atoms with Crippen LogP contribution in [-0.4, -0.2) is 15.1 Å². The molecule has 1 unspecified atom stereocenters. The minimum absolute atomic E-state index is 0.302. The Hall–Kier alpha value is -1.27. The van der Waals surface area contributed by atoms with Crippen LogP contribution in [0, 0.1) is 0 Å². The van der Waals surface area contributed by atoms with Gasteiger partial charge in [-0.05, 0) is 30.3 Å². The predicted molar refractivity (Wildman–Crippen MR) is 87.1 cm³/mol. The maximum absolute atomic E-state index is 11.3. The van der Waals surface area contributed by atoms with Gasteiger partial charge in [0.15, 0.2) is 0 Å². The normalized spacial score (nSPS) is 12.8. The first-order chi connectivity index (χ1) is 9.95. The molecule has 108 valence electrons. The fourth-order valence-corrected chi connectivity index (χ4v) is 3.14. The summed E-state index contributed by atoms with van der Waals surface area (Å²) in [6.07, 6.45) is -0.964. The molecule has 3 aromatic rings. The molecule has 1 aromatic heterocycles. The van der Waals surface area contributed by atoms with E-state index in [1.165, 1.54) is 0 Å². The quantitative estimate of drug-likeness (QED) is 0.621. The third-order valence-corrected chi connectivity index (χ3v) is 4.45. The fraction of sp³-hybridized carbons (Fsp3) is 0.0714. The maximum Gasteiger partial charge on any atom is 0.323 e. The van der Waals surface area contributed by atoms with Gasteiger partial charge in [-0.25, -0.2) is 4.79 Å². The van der Waals surface area contributed by atoms with Crippen molar-refractivity contribution in [2.75, 3.05) is 0 Å². The van der Waals surface area contributed by atoms with Crippen LogP contribution in [0.2, 0.25) is 10.0 Å². The molecule has 21 heavy (non-hydrogen) atoms. The Balaban J connectivity index is 2.16. The van der Waals surface area contributed by atoms with Gasteiger partial charge in [-0.1, -0.05) is 39.1 Å². The second-order valence-electron chi connectivity index (χ2n) is 4.57. The molecule has 7 heteroatoms. The van der Waals surface area contributed by atoms with Gasteiger partial charge >= 0.3 is 5.69 Å². The van der Waals surface area contributed by atoms with E-state index in [1.807, 2.05) is 0 Å². The fourth-order valence-electron chi connectivity index (χ4n) is 2.17. The van der Waals surface area contributed by atoms with Gasteiger partial charge in [0.25, 0.3) is 0 Å². The van der Waals surface area contributed by atoms with Crippen LogP contribution in [0.1, 0.15) is 17.2 Å². The van der Waals surface area contributed by atoms with Crippen LogP contribution in [0.3, 0.4) is 0 Å². The van der Waals surface area contributed by atoms with Crippen molar-refractivity contribution in [3.8, 4) is 0 Å². The zero-order valence-corrected chi connectivity index (χ0v) is 13.6. The van der Waals surface area contributed by atoms with Crippen molar-refractivity contribution in [2.45, 2.75) is 6.10 Å². The van der Waals surface area contributed by atoms with Gasteiger partial charge in [-0.15, -0.1) is 0 Å². The number of benzene rings is 2. The minimum Gasteiger partial charge on any atom is -0.384 e. The Morgan fingerprint density at radius 1 is 1.05 bits per heavy atom. The molecule has 0 aliphatic carbocycles. The lowest BCUT2D eigenvalue weighted by atomic mass is 10.0. The van der Waals surface area contributed by atoms with Crippen molar-refractivity contribution in [1.82, 2.24) is 9.97 Å². The van der Waals surface area contributed by atoms with Gasteiger partial charge in [0.2, 0.25) is 0 Å². The molecule has 0 aliphatic heterocycles. The van der Waals surface area contributed by atoms with Crippen molar-refractivity contribution in [2.24, 2.45) is 0 Å². The topological polar surface area (TPSA) is 68.9 Å². The van der Waals surface area contributed by atoms with Crippen molar-refractivity contribution >= 4 is 50.2 Å². The van der Waals surface area contributed by atoms with E-state index in [0.717, 1.165) is 0 Å². The Kier molecular flexibility index (Phi) is 3.84. The highest BCUT2D eigenvalue weighted by Gasteiger charge is 2.18. The van der Waals surface area contributed by atoms with E-state index < -0.39 is 6.10 Å². The third-order valence-electron chi connectivity index (χ3n) is 3.18. The molecule has 0 radical (unpaired) electrons. The minimum atomic E-state index is -0.964. The highest BCUT2D eigenvalue weighted by atomic mass is 79.9. The Morgan fingerprint density at radius 3 is 2.43 bits per heavy atom. The molecule has 3 N–H and O–H groups in total. The van der Waals surface area contributed by atoms with Gasteiger partial charge in [0, 0.05) is 25.6 Å². The van der Waals surface area contributed by atoms with Crippen LogP contribution >= 0.6 is 39.1 Å². The second kappa shape index (κ2) is 5.50. The average Bonchev–Trinajstić information content (AvgIpc) is 2.79. The Bertz CT molecular complexity index is 888. The zero-order valence-electron chi connectivity index (χ0n) is 10.5. The second-order valence-corrected chi connectivity index (χ2v) is 6.26. The first-order valence-corrected chi connectivity index (χ1v) is 7.55. The van der Waals surface area contributed by atoms with E-state index in [4.69, 9.17) is 23.2 Å². The number of hydrogen-bond acceptors (Lipinski definition) is 2. The molecule has 0 saturated carbocycles. The maximum atomic E-state index is 11.3. The molecule has 0 aliphatic rings. The van der Waals surface area contributed by atoms with Crippen molar-refractivity contribution in [1.29, 1.82) is 0 Å². The zero-order chi connectivity index (χ0) is 15.1. The Labute approximate surface area is 137 Å². The van der Waals surface area contributed by atoms with Crippen LogP contribution in [0.15, 0.2) is 39.6 Å². The standard InChI is InChI=1S/C14H9BrCl2N2O2/c15-9-5-12-11(18-14(21)19-12)4-7(9)13(20)8-3-6(16)1-2-10(8)17/h1-5,13,20H,(H2,18,19,21). The van der Waals surface area contributed by atoms with Crippen LogP contribution < -0.4 is 5.69 Å². The monoisotopic (exact) mass is 386 g/mol. The van der Waals surface area contributed by atoms with Crippen LogP contribution in [0.25, 0.3) is 11.0 Å². The molecule has 0 saturated heterocycles. The van der Waals surface area contributed by atoms with Crippen LogP contribution in [0.5, 0.6) is 0 Å². The van der Waals surface area contributed by atoms with E-state index in [-0.39, 0.29) is 5.69 Å². The summed E-state index contributed by atoms with van der Waals surface area (Å²) in [7, 11) is 0. The lowest BCUT2D eigenvalue weighted by Gasteiger charge is -2.15. The number of imidazole rings is 1. The summed E-state index contributed by atoms with van der Waals surface area (Å²) >= 11 is 15.5. The van der Waals surface area contributed by atoms with Gasteiger partial charge in [0.05, 0.1) is 11.0 Å². The summed E-state index contributed by atoms with van der Waals surface area (Å²) in [4.78, 5) is 16.6. The van der Waals surface area contributed by atoms with Crippen molar-refractivity contribution in [3.05, 3.63) is 66.5 Å². The lowest BCUT2D eigenvalue weighted by molar-refractivity contribution is 0.220. The first-order valence-electron chi connectivity index (χ1n) is 6.00. The molecule has 0 amide bonds. The first kappa shape index (κ1) is 14.7. The molecule has 1 atom stereocenters. The molecule has 4 nitrogen and oxygen atoms in total. The van der Waals surface area contributed by atoms with Crippen LogP contribution in [0.4, 0.5) is 0 Å². The number of fused-ring (bicyclic) bond motifs is 1. The SMILES string of the molecule is O=c1[nH]c2cc(Br)c(C(O)c3cc(Cl)ccc3Cl)cc2[nH]1. The van der Waals surface area contributed by atoms with Gasteiger partial charge in [-0.2, -0.15) is 0 Å². The highest BCUT2D eigenvalue weighted by molar-refractivity contribution is 9.10. The van der Waals surface area contributed by atoms with Crippen LogP contribution in [-0.2, 0) is 0 Å². The summed E-state index contributed by atoms with van der Waals surface area (Å²) in [5.41, 5.74) is 2.05. The molecular formula is C14H9BrCl2N2O2. The predicted octanol–water partition coefficient (Wildman–Crippen LogP) is 4.01. The summed E-state index contributed by atoms with van der Waals surface area (Å²) in [5.74, 6) is 0. The van der Waals surface area contributed by atoms with Gasteiger partial charge < -0.3 is 15.1 Å². The Morgan fingerprint density at radius 2 is 1.71 bits per heavy atom. The van der Waals surface area contributed by atoms with Gasteiger partial charge in [-0.3, -0.25) is 0 Å². The van der Waals surface area contributed by atoms with Gasteiger partial charge in [0.1, 0.15) is 6.10 Å². The van der Waals surface area contributed by atoms with E-state index in [2.05, 4.69) is 25.9 Å². The number of halogens is 3. The van der Waals surface area contributed by atoms with E-state index in [1.54, 1.807) is 30.3 Å². The lowest BCUT2D eigenvalue weighted by Crippen LogP contribution is -2.02. The van der Waals surface area contributed by atoms with E-state index in [0.29, 0.717) is 36.7 Å². The summed E-state index contributed by atoms with van der Waals surface area (Å²) in [6.45, 7) is 0. The molecule has 0 fully saturated rings. The summed E-state index contributed by atoms with van der Waals surface area (Å²) in [6, 6.07) is 8.32. The largest absolute Gasteiger partial charge is 0.384 e. The van der Waals surface area contributed by atoms with Crippen molar-refractivity contribution in [3.63, 3.8) is 0 Å². The molecule has 0 bridgehead atoms. The molecule has 0 spiro atoms. The summed E-state index contributed by atoms with van der Waals surface area (Å²) in [5, 5.41) is 11.5. The van der Waals surface area contributed by atoms with Crippen molar-refractivity contribution < 1.29 is 5.11 Å². The number of aliphatic hydroxyl groups is 1. The highest BCUT2D eigenvalue weighted by Crippen LogP contribution is 2.35. The average molecular weight is 388 g/mol. The third kappa shape index (κ3) is 2.74. The summed E-state index contributed by atoms with van der Waals surface area (Å²) < 4.78 is 0.661. The number of aromatic nitrogens is 2. The number of aliphatic hydroxyl groups excluding tert-OH is 1. The smallest absolute Gasteiger partial charge is 0.323 e. The van der Waals surface area contributed by atoms with E-state index >= 15 is 0 Å². The number of hydrogen-bond donors (Lipinski definition) is 3. The number of rotatable bonds is 2. The number of H-pyrrole nitrogens is 2. The number of aromatic amines is 2. The molecule has 1 heterocycles. The number of nitrogens with one attached hydrogen (secondary N) is 2. The van der Waals surface area contributed by atoms with E-state index in [9.17, 15) is 9.90 Å². The molecular weight excluding hydrogens is 379 g/mol. The molecule has 3 rings (SSSR count). The molecule has 2 aromatic carbocycles.